The highest BCUT2D eigenvalue weighted by molar-refractivity contribution is 5.78. The van der Waals surface area contributed by atoms with Gasteiger partial charge < -0.3 is 10.3 Å². The maximum atomic E-state index is 11.8. The summed E-state index contributed by atoms with van der Waals surface area (Å²) < 4.78 is 0. The summed E-state index contributed by atoms with van der Waals surface area (Å²) in [6, 6.07) is 3.79. The maximum absolute atomic E-state index is 11.8. The fourth-order valence-corrected chi connectivity index (χ4v) is 2.18. The SMILES string of the molecule is CCC1CC(=O)N(Cc2cccnc2NN)C1. The molecule has 0 aromatic carbocycles. The number of nitrogens with two attached hydrogens (primary N) is 1. The van der Waals surface area contributed by atoms with E-state index in [2.05, 4.69) is 17.3 Å². The molecule has 5 heteroatoms. The van der Waals surface area contributed by atoms with Crippen LogP contribution in [0.2, 0.25) is 0 Å². The van der Waals surface area contributed by atoms with Gasteiger partial charge in [-0.1, -0.05) is 19.4 Å². The van der Waals surface area contributed by atoms with Crippen LogP contribution in [0.4, 0.5) is 5.82 Å². The van der Waals surface area contributed by atoms with E-state index in [0.29, 0.717) is 24.7 Å². The highest BCUT2D eigenvalue weighted by atomic mass is 16.2. The molecule has 17 heavy (non-hydrogen) atoms. The van der Waals surface area contributed by atoms with Crippen LogP contribution < -0.4 is 11.3 Å². The number of amides is 1. The third kappa shape index (κ3) is 2.55. The number of nitrogen functional groups attached to an aromatic ring is 1. The maximum Gasteiger partial charge on any atom is 0.223 e. The molecule has 1 saturated heterocycles. The quantitative estimate of drug-likeness (QED) is 0.605. The van der Waals surface area contributed by atoms with Crippen LogP contribution in [0.15, 0.2) is 18.3 Å². The van der Waals surface area contributed by atoms with Gasteiger partial charge in [-0.15, -0.1) is 0 Å². The number of rotatable bonds is 4. The molecule has 92 valence electrons. The van der Waals surface area contributed by atoms with Crippen molar-refractivity contribution in [3.63, 3.8) is 0 Å². The Balaban J connectivity index is 2.08. The zero-order valence-electron chi connectivity index (χ0n) is 10.0. The van der Waals surface area contributed by atoms with Gasteiger partial charge in [0.25, 0.3) is 0 Å². The minimum absolute atomic E-state index is 0.226. The highest BCUT2D eigenvalue weighted by Gasteiger charge is 2.28. The number of likely N-dealkylation sites (tertiary alicyclic amines) is 1. The van der Waals surface area contributed by atoms with E-state index in [1.807, 2.05) is 17.0 Å². The molecule has 1 aliphatic heterocycles. The molecule has 0 aliphatic carbocycles. The van der Waals surface area contributed by atoms with Crippen molar-refractivity contribution < 1.29 is 4.79 Å². The largest absolute Gasteiger partial charge is 0.338 e. The molecule has 1 aliphatic rings. The summed E-state index contributed by atoms with van der Waals surface area (Å²) in [5, 5.41) is 0. The Morgan fingerprint density at radius 2 is 2.47 bits per heavy atom. The Labute approximate surface area is 101 Å². The molecule has 1 aromatic rings. The summed E-state index contributed by atoms with van der Waals surface area (Å²) in [4.78, 5) is 17.8. The first-order valence-electron chi connectivity index (χ1n) is 5.92. The molecule has 0 saturated carbocycles. The van der Waals surface area contributed by atoms with Crippen LogP contribution in [0.5, 0.6) is 0 Å². The van der Waals surface area contributed by atoms with Crippen molar-refractivity contribution in [2.24, 2.45) is 11.8 Å². The molecule has 1 fully saturated rings. The van der Waals surface area contributed by atoms with Crippen LogP contribution in [0.3, 0.4) is 0 Å². The van der Waals surface area contributed by atoms with E-state index < -0.39 is 0 Å². The van der Waals surface area contributed by atoms with Crippen molar-refractivity contribution in [2.75, 3.05) is 12.0 Å². The first-order valence-corrected chi connectivity index (χ1v) is 5.92. The van der Waals surface area contributed by atoms with E-state index in [4.69, 9.17) is 5.84 Å². The molecule has 0 spiro atoms. The number of nitrogens with zero attached hydrogens (tertiary/aromatic N) is 2. The van der Waals surface area contributed by atoms with Gasteiger partial charge in [-0.25, -0.2) is 10.8 Å². The monoisotopic (exact) mass is 234 g/mol. The fourth-order valence-electron chi connectivity index (χ4n) is 2.18. The van der Waals surface area contributed by atoms with Gasteiger partial charge in [-0.3, -0.25) is 4.79 Å². The van der Waals surface area contributed by atoms with Crippen molar-refractivity contribution in [1.29, 1.82) is 0 Å². The van der Waals surface area contributed by atoms with Crippen molar-refractivity contribution in [3.05, 3.63) is 23.9 Å². The van der Waals surface area contributed by atoms with Crippen LogP contribution in [0, 0.1) is 5.92 Å². The van der Waals surface area contributed by atoms with Gasteiger partial charge in [0, 0.05) is 31.3 Å². The lowest BCUT2D eigenvalue weighted by Gasteiger charge is -2.17. The lowest BCUT2D eigenvalue weighted by atomic mass is 10.1. The van der Waals surface area contributed by atoms with Crippen LogP contribution in [0.25, 0.3) is 0 Å². The number of anilines is 1. The van der Waals surface area contributed by atoms with Crippen molar-refractivity contribution in [1.82, 2.24) is 9.88 Å². The number of hydrazine groups is 1. The summed E-state index contributed by atoms with van der Waals surface area (Å²) in [6.07, 6.45) is 3.40. The Bertz CT molecular complexity index is 407. The first kappa shape index (κ1) is 11.9. The number of hydrogen-bond acceptors (Lipinski definition) is 4. The van der Waals surface area contributed by atoms with Gasteiger partial charge in [0.1, 0.15) is 5.82 Å². The van der Waals surface area contributed by atoms with Gasteiger partial charge in [-0.05, 0) is 12.0 Å². The van der Waals surface area contributed by atoms with Crippen molar-refractivity contribution >= 4 is 11.7 Å². The van der Waals surface area contributed by atoms with E-state index in [1.54, 1.807) is 6.20 Å². The van der Waals surface area contributed by atoms with Crippen LogP contribution in [-0.2, 0) is 11.3 Å². The molecule has 0 radical (unpaired) electrons. The average Bonchev–Trinajstić information content (AvgIpc) is 2.71. The second-order valence-corrected chi connectivity index (χ2v) is 4.41. The lowest BCUT2D eigenvalue weighted by molar-refractivity contribution is -0.128. The molecule has 2 heterocycles. The standard InChI is InChI=1S/C12H18N4O/c1-2-9-6-11(17)16(7-9)8-10-4-3-5-14-12(10)15-13/h3-5,9H,2,6-8,13H2,1H3,(H,14,15). The Morgan fingerprint density at radius 3 is 3.12 bits per heavy atom. The van der Waals surface area contributed by atoms with Gasteiger partial charge in [0.2, 0.25) is 5.91 Å². The van der Waals surface area contributed by atoms with E-state index in [-0.39, 0.29) is 5.91 Å². The molecule has 2 rings (SSSR count). The Hall–Kier alpha value is -1.62. The average molecular weight is 234 g/mol. The van der Waals surface area contributed by atoms with Gasteiger partial charge in [0.05, 0.1) is 0 Å². The van der Waals surface area contributed by atoms with Gasteiger partial charge >= 0.3 is 0 Å². The van der Waals surface area contributed by atoms with E-state index in [0.717, 1.165) is 18.5 Å². The molecular formula is C12H18N4O. The number of pyridine rings is 1. The van der Waals surface area contributed by atoms with E-state index in [1.165, 1.54) is 0 Å². The minimum atomic E-state index is 0.226. The van der Waals surface area contributed by atoms with Gasteiger partial charge in [-0.2, -0.15) is 0 Å². The molecule has 1 amide bonds. The lowest BCUT2D eigenvalue weighted by Crippen LogP contribution is -2.25. The van der Waals surface area contributed by atoms with Crippen LogP contribution in [0.1, 0.15) is 25.3 Å². The summed E-state index contributed by atoms with van der Waals surface area (Å²) in [6.45, 7) is 3.55. The number of hydrogen-bond donors (Lipinski definition) is 2. The summed E-state index contributed by atoms with van der Waals surface area (Å²) in [5.41, 5.74) is 3.52. The number of carbonyl (C=O) groups is 1. The number of carbonyl (C=O) groups excluding carboxylic acids is 1. The highest BCUT2D eigenvalue weighted by Crippen LogP contribution is 2.23. The molecule has 1 aromatic heterocycles. The molecular weight excluding hydrogens is 216 g/mol. The van der Waals surface area contributed by atoms with E-state index >= 15 is 0 Å². The molecule has 5 nitrogen and oxygen atoms in total. The zero-order valence-corrected chi connectivity index (χ0v) is 10.0. The Morgan fingerprint density at radius 1 is 1.65 bits per heavy atom. The van der Waals surface area contributed by atoms with Gasteiger partial charge in [0.15, 0.2) is 0 Å². The predicted octanol–water partition coefficient (Wildman–Crippen LogP) is 1.13. The smallest absolute Gasteiger partial charge is 0.223 e. The predicted molar refractivity (Wildman–Crippen MR) is 65.9 cm³/mol. The van der Waals surface area contributed by atoms with Crippen LogP contribution >= 0.6 is 0 Å². The summed E-state index contributed by atoms with van der Waals surface area (Å²) in [5.74, 6) is 6.76. The second kappa shape index (κ2) is 5.14. The van der Waals surface area contributed by atoms with Crippen molar-refractivity contribution in [2.45, 2.75) is 26.3 Å². The topological polar surface area (TPSA) is 71.2 Å². The minimum Gasteiger partial charge on any atom is -0.338 e. The summed E-state index contributed by atoms with van der Waals surface area (Å²) in [7, 11) is 0. The molecule has 1 atom stereocenters. The second-order valence-electron chi connectivity index (χ2n) is 4.41. The summed E-state index contributed by atoms with van der Waals surface area (Å²) >= 11 is 0. The normalized spacial score (nSPS) is 19.8. The molecule has 0 bridgehead atoms. The third-order valence-corrected chi connectivity index (χ3v) is 3.26. The number of nitrogens with one attached hydrogen (secondary N) is 1. The first-order chi connectivity index (χ1) is 8.24. The third-order valence-electron chi connectivity index (χ3n) is 3.26. The number of aromatic nitrogens is 1. The Kier molecular flexibility index (Phi) is 3.58. The molecule has 3 N–H and O–H groups in total. The fraction of sp³-hybridized carbons (Fsp3) is 0.500. The van der Waals surface area contributed by atoms with Crippen LogP contribution in [-0.4, -0.2) is 22.3 Å². The molecule has 1 unspecified atom stereocenters. The van der Waals surface area contributed by atoms with E-state index in [9.17, 15) is 4.79 Å². The zero-order chi connectivity index (χ0) is 12.3. The van der Waals surface area contributed by atoms with Crippen molar-refractivity contribution in [3.8, 4) is 0 Å².